The van der Waals surface area contributed by atoms with Crippen LogP contribution >= 0.6 is 11.8 Å². The highest BCUT2D eigenvalue weighted by Crippen LogP contribution is 2.46. The summed E-state index contributed by atoms with van der Waals surface area (Å²) < 4.78 is 32.4. The van der Waals surface area contributed by atoms with E-state index in [9.17, 15) is 14.4 Å². The Labute approximate surface area is 290 Å². The van der Waals surface area contributed by atoms with E-state index in [1.807, 2.05) is 19.1 Å². The third-order valence-corrected chi connectivity index (χ3v) is 16.0. The first-order valence-electron chi connectivity index (χ1n) is 16.7. The number of rotatable bonds is 14. The summed E-state index contributed by atoms with van der Waals surface area (Å²) in [7, 11) is -2.60. The Morgan fingerprint density at radius 2 is 1.06 bits per heavy atom. The molecule has 1 aliphatic rings. The first-order chi connectivity index (χ1) is 23.0. The van der Waals surface area contributed by atoms with Crippen LogP contribution in [0, 0.1) is 0 Å². The molecule has 1 aliphatic heterocycles. The Bertz CT molecular complexity index is 1450. The van der Waals surface area contributed by atoms with Gasteiger partial charge in [0.05, 0.1) is 16.7 Å². The van der Waals surface area contributed by atoms with Gasteiger partial charge in [0.15, 0.2) is 12.2 Å². The molecular weight excluding hydrogens is 645 g/mol. The lowest BCUT2D eigenvalue weighted by Crippen LogP contribution is -2.65. The summed E-state index contributed by atoms with van der Waals surface area (Å²) >= 11 is 1.52. The van der Waals surface area contributed by atoms with Crippen LogP contribution in [0.5, 0.6) is 0 Å². The molecule has 3 aromatic rings. The van der Waals surface area contributed by atoms with Gasteiger partial charge in [0.25, 0.3) is 0 Å². The minimum Gasteiger partial charge on any atom is -0.459 e. The summed E-state index contributed by atoms with van der Waals surface area (Å²) in [5.74, 6) is -1.07. The average Bonchev–Trinajstić information content (AvgIpc) is 3.08. The van der Waals surface area contributed by atoms with E-state index in [-0.39, 0.29) is 23.2 Å². The van der Waals surface area contributed by atoms with Crippen molar-refractivity contribution in [3.8, 4) is 0 Å². The van der Waals surface area contributed by atoms with E-state index in [2.05, 4.69) is 41.5 Å². The third kappa shape index (κ3) is 8.77. The van der Waals surface area contributed by atoms with E-state index < -0.39 is 56.1 Å². The number of ether oxygens (including phenoxy) is 4. The first-order valence-corrected chi connectivity index (χ1v) is 19.9. The lowest BCUT2D eigenvalue weighted by Gasteiger charge is -2.51. The van der Waals surface area contributed by atoms with Gasteiger partial charge in [-0.25, -0.2) is 14.4 Å². The zero-order valence-corrected chi connectivity index (χ0v) is 30.7. The van der Waals surface area contributed by atoms with E-state index in [1.54, 1.807) is 78.9 Å². The normalized spacial score (nSPS) is 21.2. The molecule has 3 aromatic carbocycles. The van der Waals surface area contributed by atoms with Gasteiger partial charge in [0.2, 0.25) is 8.32 Å². The number of benzene rings is 3. The SMILES string of the molecule is CCS[C@@H]1OC(COC(=O)c2ccccc2)[C@H](OC(=O)c2ccccc2)C(OC(=O)c2ccccc2)C1O[Si](C(C)C)(C(C)C)C(C)C. The van der Waals surface area contributed by atoms with Gasteiger partial charge in [-0.1, -0.05) is 103 Å². The second-order valence-corrected chi connectivity index (χ2v) is 19.6. The van der Waals surface area contributed by atoms with Crippen LogP contribution in [0.15, 0.2) is 91.0 Å². The molecule has 0 saturated carbocycles. The second-order valence-electron chi connectivity index (χ2n) is 12.8. The number of carbonyl (C=O) groups excluding carboxylic acids is 3. The number of thioether (sulfide) groups is 1. The first kappa shape index (κ1) is 37.4. The topological polar surface area (TPSA) is 97.4 Å². The van der Waals surface area contributed by atoms with Crippen molar-refractivity contribution in [1.82, 2.24) is 0 Å². The molecule has 5 atom stereocenters. The Hall–Kier alpha value is -3.44. The summed E-state index contributed by atoms with van der Waals surface area (Å²) in [6, 6.07) is 25.9. The minimum atomic E-state index is -2.60. The number of hydrogen-bond acceptors (Lipinski definition) is 9. The van der Waals surface area contributed by atoms with Crippen molar-refractivity contribution in [2.75, 3.05) is 12.4 Å². The molecule has 0 radical (unpaired) electrons. The quantitative estimate of drug-likeness (QED) is 0.0938. The highest BCUT2D eigenvalue weighted by Gasteiger charge is 2.56. The maximum absolute atomic E-state index is 13.8. The maximum atomic E-state index is 13.8. The minimum absolute atomic E-state index is 0.213. The molecule has 4 rings (SSSR count). The molecule has 0 aromatic heterocycles. The molecule has 48 heavy (non-hydrogen) atoms. The molecule has 0 bridgehead atoms. The van der Waals surface area contributed by atoms with Crippen LogP contribution in [-0.2, 0) is 23.4 Å². The van der Waals surface area contributed by atoms with Gasteiger partial charge in [-0.15, -0.1) is 11.8 Å². The fourth-order valence-electron chi connectivity index (χ4n) is 6.70. The number of esters is 3. The summed E-state index contributed by atoms with van der Waals surface area (Å²) in [4.78, 5) is 40.6. The highest BCUT2D eigenvalue weighted by atomic mass is 32.2. The monoisotopic (exact) mass is 692 g/mol. The van der Waals surface area contributed by atoms with E-state index in [4.69, 9.17) is 23.4 Å². The molecule has 0 N–H and O–H groups in total. The zero-order valence-electron chi connectivity index (χ0n) is 28.9. The molecule has 10 heteroatoms. The van der Waals surface area contributed by atoms with Crippen LogP contribution in [0.4, 0.5) is 0 Å². The van der Waals surface area contributed by atoms with Crippen molar-refractivity contribution in [2.45, 2.75) is 94.9 Å². The summed E-state index contributed by atoms with van der Waals surface area (Å²) in [5, 5.41) is 0. The van der Waals surface area contributed by atoms with Gasteiger partial charge in [0.1, 0.15) is 24.3 Å². The smallest absolute Gasteiger partial charge is 0.338 e. The zero-order chi connectivity index (χ0) is 34.8. The van der Waals surface area contributed by atoms with Gasteiger partial charge in [-0.2, -0.15) is 0 Å². The van der Waals surface area contributed by atoms with Crippen LogP contribution in [0.2, 0.25) is 16.6 Å². The summed E-state index contributed by atoms with van der Waals surface area (Å²) in [5.41, 5.74) is 1.07. The second kappa shape index (κ2) is 17.3. The molecular formula is C38H48O8SSi. The van der Waals surface area contributed by atoms with Crippen LogP contribution in [0.25, 0.3) is 0 Å². The van der Waals surface area contributed by atoms with E-state index in [1.165, 1.54) is 11.8 Å². The Kier molecular flexibility index (Phi) is 13.5. The lowest BCUT2D eigenvalue weighted by atomic mass is 9.99. The largest absolute Gasteiger partial charge is 0.459 e. The molecule has 258 valence electrons. The number of carbonyl (C=O) groups is 3. The van der Waals surface area contributed by atoms with Crippen molar-refractivity contribution in [3.63, 3.8) is 0 Å². The van der Waals surface area contributed by atoms with E-state index in [0.717, 1.165) is 0 Å². The fraction of sp³-hybridized carbons (Fsp3) is 0.447. The van der Waals surface area contributed by atoms with Crippen molar-refractivity contribution in [2.24, 2.45) is 0 Å². The molecule has 0 amide bonds. The van der Waals surface area contributed by atoms with Gasteiger partial charge < -0.3 is 23.4 Å². The summed E-state index contributed by atoms with van der Waals surface area (Å²) in [6.07, 6.45) is -3.98. The van der Waals surface area contributed by atoms with Crippen LogP contribution < -0.4 is 0 Å². The molecule has 3 unspecified atom stereocenters. The molecule has 0 aliphatic carbocycles. The molecule has 1 heterocycles. The highest BCUT2D eigenvalue weighted by molar-refractivity contribution is 7.99. The predicted molar refractivity (Wildman–Crippen MR) is 191 cm³/mol. The van der Waals surface area contributed by atoms with Gasteiger partial charge >= 0.3 is 17.9 Å². The molecule has 8 nitrogen and oxygen atoms in total. The maximum Gasteiger partial charge on any atom is 0.338 e. The van der Waals surface area contributed by atoms with Crippen LogP contribution in [0.3, 0.4) is 0 Å². The number of hydrogen-bond donors (Lipinski definition) is 0. The third-order valence-electron chi connectivity index (χ3n) is 8.86. The van der Waals surface area contributed by atoms with Gasteiger partial charge in [0, 0.05) is 0 Å². The van der Waals surface area contributed by atoms with Crippen molar-refractivity contribution in [1.29, 1.82) is 0 Å². The Morgan fingerprint density at radius 3 is 1.48 bits per heavy atom. The molecule has 0 spiro atoms. The Morgan fingerprint density at radius 1 is 0.646 bits per heavy atom. The van der Waals surface area contributed by atoms with Crippen molar-refractivity contribution >= 4 is 38.0 Å². The molecule has 1 saturated heterocycles. The molecule has 1 fully saturated rings. The standard InChI is InChI=1S/C38H48O8SSi/c1-8-47-38-34(46-48(25(2)3,26(4)5)27(6)7)33(45-37(41)30-22-16-11-17-23-30)32(44-36(40)29-20-14-10-15-21-29)31(43-38)24-42-35(39)28-18-12-9-13-19-28/h9-23,25-27,31-34,38H,8,24H2,1-7H3/t31?,32-,33?,34?,38-/m0/s1. The van der Waals surface area contributed by atoms with E-state index in [0.29, 0.717) is 22.4 Å². The van der Waals surface area contributed by atoms with Gasteiger partial charge in [-0.3, -0.25) is 0 Å². The van der Waals surface area contributed by atoms with Crippen LogP contribution in [-0.4, -0.2) is 68.4 Å². The van der Waals surface area contributed by atoms with Crippen LogP contribution in [0.1, 0.15) is 79.5 Å². The van der Waals surface area contributed by atoms with Crippen molar-refractivity contribution in [3.05, 3.63) is 108 Å². The van der Waals surface area contributed by atoms with Gasteiger partial charge in [-0.05, 0) is 58.8 Å². The average molecular weight is 693 g/mol. The predicted octanol–water partition coefficient (Wildman–Crippen LogP) is 8.33. The Balaban J connectivity index is 1.82. The van der Waals surface area contributed by atoms with E-state index >= 15 is 0 Å². The fourth-order valence-corrected chi connectivity index (χ4v) is 13.3. The lowest BCUT2D eigenvalue weighted by molar-refractivity contribution is -0.203. The summed E-state index contributed by atoms with van der Waals surface area (Å²) in [6.45, 7) is 14.9. The van der Waals surface area contributed by atoms with Crippen molar-refractivity contribution < 1.29 is 37.8 Å².